The third-order valence-corrected chi connectivity index (χ3v) is 7.90. The average Bonchev–Trinajstić information content (AvgIpc) is 3.06. The normalized spacial score (nSPS) is 12.3. The molecule has 9 nitrogen and oxygen atoms in total. The quantitative estimate of drug-likeness (QED) is 0.0792. The molecule has 0 aliphatic carbocycles. The van der Waals surface area contributed by atoms with Crippen molar-refractivity contribution >= 4 is 11.9 Å². The van der Waals surface area contributed by atoms with Crippen LogP contribution in [0.2, 0.25) is 0 Å². The maximum absolute atomic E-state index is 11.8. The number of ether oxygens (including phenoxy) is 5. The molecule has 0 aliphatic heterocycles. The van der Waals surface area contributed by atoms with Gasteiger partial charge in [-0.2, -0.15) is 0 Å². The summed E-state index contributed by atoms with van der Waals surface area (Å²) >= 11 is 0. The lowest BCUT2D eigenvalue weighted by atomic mass is 10.1. The molecule has 0 radical (unpaired) electrons. The maximum Gasteiger partial charge on any atom is 0.344 e. The molecule has 2 unspecified atom stereocenters. The van der Waals surface area contributed by atoms with Crippen LogP contribution in [0.3, 0.4) is 0 Å². The zero-order valence-electron chi connectivity index (χ0n) is 28.7. The van der Waals surface area contributed by atoms with Gasteiger partial charge in [0.05, 0.1) is 13.2 Å². The number of hydrogen-bond acceptors (Lipinski definition) is 7. The van der Waals surface area contributed by atoms with Gasteiger partial charge in [-0.05, 0) is 49.9 Å². The van der Waals surface area contributed by atoms with E-state index in [2.05, 4.69) is 13.8 Å². The largest absolute Gasteiger partial charge is 0.487 e. The molecule has 47 heavy (non-hydrogen) atoms. The minimum Gasteiger partial charge on any atom is -0.487 e. The van der Waals surface area contributed by atoms with Crippen LogP contribution >= 0.6 is 0 Å². The molecule has 0 heterocycles. The third kappa shape index (κ3) is 17.9. The lowest BCUT2D eigenvalue weighted by Gasteiger charge is -2.18. The first-order valence-corrected chi connectivity index (χ1v) is 17.8. The summed E-state index contributed by atoms with van der Waals surface area (Å²) in [6.07, 6.45) is 14.6. The van der Waals surface area contributed by atoms with E-state index in [4.69, 9.17) is 23.7 Å². The van der Waals surface area contributed by atoms with Gasteiger partial charge < -0.3 is 33.9 Å². The van der Waals surface area contributed by atoms with Crippen LogP contribution in [-0.4, -0.2) is 60.8 Å². The SMILES string of the molecule is CCCCCCCCCC(Oc1ccccc1OCCOCCOc1ccccc1OC(CCCCCCCCC)C(=O)O)C(=O)O. The van der Waals surface area contributed by atoms with E-state index < -0.39 is 24.1 Å². The lowest BCUT2D eigenvalue weighted by molar-refractivity contribution is -0.146. The van der Waals surface area contributed by atoms with Crippen LogP contribution in [0.25, 0.3) is 0 Å². The number of rotatable bonds is 30. The zero-order chi connectivity index (χ0) is 34.0. The Morgan fingerprint density at radius 3 is 1.21 bits per heavy atom. The fourth-order valence-corrected chi connectivity index (χ4v) is 5.20. The van der Waals surface area contributed by atoms with Crippen molar-refractivity contribution in [1.82, 2.24) is 0 Å². The summed E-state index contributed by atoms with van der Waals surface area (Å²) in [5.74, 6) is -0.230. The van der Waals surface area contributed by atoms with Gasteiger partial charge in [0, 0.05) is 0 Å². The Hall–Kier alpha value is -3.46. The van der Waals surface area contributed by atoms with E-state index in [-0.39, 0.29) is 26.4 Å². The van der Waals surface area contributed by atoms with Crippen LogP contribution in [0.15, 0.2) is 48.5 Å². The van der Waals surface area contributed by atoms with E-state index in [0.717, 1.165) is 38.5 Å². The molecule has 9 heteroatoms. The van der Waals surface area contributed by atoms with Crippen molar-refractivity contribution in [3.05, 3.63) is 48.5 Å². The topological polar surface area (TPSA) is 121 Å². The molecular weight excluding hydrogens is 600 g/mol. The molecule has 0 aromatic heterocycles. The van der Waals surface area contributed by atoms with E-state index in [0.29, 0.717) is 35.8 Å². The van der Waals surface area contributed by atoms with Gasteiger partial charge in [0.25, 0.3) is 0 Å². The number of unbranched alkanes of at least 4 members (excludes halogenated alkanes) is 12. The summed E-state index contributed by atoms with van der Waals surface area (Å²) in [7, 11) is 0. The molecule has 2 rings (SSSR count). The highest BCUT2D eigenvalue weighted by atomic mass is 16.6. The molecule has 0 saturated carbocycles. The van der Waals surface area contributed by atoms with Crippen LogP contribution < -0.4 is 18.9 Å². The van der Waals surface area contributed by atoms with Gasteiger partial charge in [0.2, 0.25) is 0 Å². The van der Waals surface area contributed by atoms with Gasteiger partial charge in [0.15, 0.2) is 35.2 Å². The summed E-state index contributed by atoms with van der Waals surface area (Å²) in [4.78, 5) is 23.7. The second kappa shape index (κ2) is 25.6. The minimum absolute atomic E-state index is 0.245. The number of aliphatic carboxylic acids is 2. The van der Waals surface area contributed by atoms with E-state index in [1.807, 2.05) is 12.1 Å². The van der Waals surface area contributed by atoms with Crippen LogP contribution in [-0.2, 0) is 14.3 Å². The Balaban J connectivity index is 1.72. The van der Waals surface area contributed by atoms with E-state index >= 15 is 0 Å². The highest BCUT2D eigenvalue weighted by molar-refractivity contribution is 5.73. The average molecular weight is 659 g/mol. The van der Waals surface area contributed by atoms with Crippen molar-refractivity contribution < 1.29 is 43.5 Å². The van der Waals surface area contributed by atoms with E-state index in [1.54, 1.807) is 36.4 Å². The predicted octanol–water partition coefficient (Wildman–Crippen LogP) is 9.11. The highest BCUT2D eigenvalue weighted by Crippen LogP contribution is 2.30. The molecule has 0 saturated heterocycles. The summed E-state index contributed by atoms with van der Waals surface area (Å²) in [5, 5.41) is 19.4. The summed E-state index contributed by atoms with van der Waals surface area (Å²) in [6.45, 7) is 5.45. The summed E-state index contributed by atoms with van der Waals surface area (Å²) < 4.78 is 29.1. The number of benzene rings is 2. The monoisotopic (exact) mass is 658 g/mol. The van der Waals surface area contributed by atoms with Crippen molar-refractivity contribution in [1.29, 1.82) is 0 Å². The Morgan fingerprint density at radius 2 is 0.851 bits per heavy atom. The number of carboxylic acids is 2. The molecule has 2 aromatic carbocycles. The molecule has 0 amide bonds. The van der Waals surface area contributed by atoms with Crippen molar-refractivity contribution in [3.63, 3.8) is 0 Å². The Kier molecular flexibility index (Phi) is 21.6. The molecule has 2 aromatic rings. The Morgan fingerprint density at radius 1 is 0.511 bits per heavy atom. The van der Waals surface area contributed by atoms with Crippen LogP contribution in [0, 0.1) is 0 Å². The molecule has 0 aliphatic rings. The zero-order valence-corrected chi connectivity index (χ0v) is 28.7. The highest BCUT2D eigenvalue weighted by Gasteiger charge is 2.22. The number of para-hydroxylation sites is 4. The molecule has 264 valence electrons. The van der Waals surface area contributed by atoms with Gasteiger partial charge in [-0.3, -0.25) is 0 Å². The van der Waals surface area contributed by atoms with Crippen molar-refractivity contribution in [3.8, 4) is 23.0 Å². The van der Waals surface area contributed by atoms with Gasteiger partial charge in [-0.25, -0.2) is 9.59 Å². The van der Waals surface area contributed by atoms with Crippen LogP contribution in [0.4, 0.5) is 0 Å². The third-order valence-electron chi connectivity index (χ3n) is 7.90. The maximum atomic E-state index is 11.8. The lowest BCUT2D eigenvalue weighted by Crippen LogP contribution is -2.27. The molecule has 2 N–H and O–H groups in total. The smallest absolute Gasteiger partial charge is 0.344 e. The first kappa shape index (κ1) is 39.7. The number of carboxylic acid groups (broad SMARTS) is 2. The van der Waals surface area contributed by atoms with Crippen LogP contribution in [0.5, 0.6) is 23.0 Å². The van der Waals surface area contributed by atoms with Gasteiger partial charge >= 0.3 is 11.9 Å². The van der Waals surface area contributed by atoms with E-state index in [1.165, 1.54) is 51.4 Å². The van der Waals surface area contributed by atoms with Gasteiger partial charge in [-0.1, -0.05) is 115 Å². The number of carbonyl (C=O) groups is 2. The second-order valence-electron chi connectivity index (χ2n) is 11.9. The van der Waals surface area contributed by atoms with Crippen molar-refractivity contribution in [2.45, 2.75) is 129 Å². The van der Waals surface area contributed by atoms with Crippen molar-refractivity contribution in [2.75, 3.05) is 26.4 Å². The van der Waals surface area contributed by atoms with Crippen LogP contribution in [0.1, 0.15) is 117 Å². The molecule has 2 atom stereocenters. The molecule has 0 fully saturated rings. The van der Waals surface area contributed by atoms with E-state index in [9.17, 15) is 19.8 Å². The van der Waals surface area contributed by atoms with Gasteiger partial charge in [-0.15, -0.1) is 0 Å². The fraction of sp³-hybridized carbons (Fsp3) is 0.632. The standard InChI is InChI=1S/C38H58O9/c1-3-5-7-9-11-13-15-25-35(37(39)40)46-33-23-19-17-21-31(33)44-29-27-43-28-30-45-32-22-18-20-24-34(32)47-36(38(41)42)26-16-14-12-10-8-6-4-2/h17-24,35-36H,3-16,25-30H2,1-2H3,(H,39,40)(H,41,42). The molecular formula is C38H58O9. The first-order chi connectivity index (χ1) is 23.0. The number of hydrogen-bond donors (Lipinski definition) is 2. The van der Waals surface area contributed by atoms with Gasteiger partial charge in [0.1, 0.15) is 13.2 Å². The summed E-state index contributed by atoms with van der Waals surface area (Å²) in [6, 6.07) is 14.1. The Labute approximate surface area is 281 Å². The molecule has 0 spiro atoms. The minimum atomic E-state index is -0.979. The van der Waals surface area contributed by atoms with Crippen molar-refractivity contribution in [2.24, 2.45) is 0 Å². The Bertz CT molecular complexity index is 1020. The predicted molar refractivity (Wildman–Crippen MR) is 184 cm³/mol. The summed E-state index contributed by atoms with van der Waals surface area (Å²) in [5.41, 5.74) is 0. The molecule has 0 bridgehead atoms. The first-order valence-electron chi connectivity index (χ1n) is 17.8. The second-order valence-corrected chi connectivity index (χ2v) is 11.9. The fourth-order valence-electron chi connectivity index (χ4n) is 5.20.